The first kappa shape index (κ1) is 17.6. The SMILES string of the molecule is CCc1ccc(-c2ncccc2-c2cc(Cl)cc(S(C)(=O)=O)c2)cn1. The van der Waals surface area contributed by atoms with Gasteiger partial charge >= 0.3 is 0 Å². The van der Waals surface area contributed by atoms with Gasteiger partial charge in [-0.1, -0.05) is 24.6 Å². The average Bonchev–Trinajstić information content (AvgIpc) is 2.60. The lowest BCUT2D eigenvalue weighted by atomic mass is 10.00. The Bertz CT molecular complexity index is 1020. The lowest BCUT2D eigenvalue weighted by Crippen LogP contribution is -1.98. The van der Waals surface area contributed by atoms with Crippen molar-refractivity contribution < 1.29 is 8.42 Å². The van der Waals surface area contributed by atoms with Gasteiger partial charge in [-0.15, -0.1) is 0 Å². The van der Waals surface area contributed by atoms with Crippen LogP contribution in [0.3, 0.4) is 0 Å². The standard InChI is InChI=1S/C19H17ClN2O2S/c1-3-16-7-6-13(12-22-16)19-18(5-4-8-21-19)14-9-15(20)11-17(10-14)25(2,23)24/h4-12H,3H2,1-2H3. The van der Waals surface area contributed by atoms with E-state index in [4.69, 9.17) is 11.6 Å². The molecule has 0 aliphatic heterocycles. The van der Waals surface area contributed by atoms with Crippen LogP contribution >= 0.6 is 11.6 Å². The molecule has 6 heteroatoms. The molecule has 2 aromatic heterocycles. The summed E-state index contributed by atoms with van der Waals surface area (Å²) in [5.74, 6) is 0. The molecule has 25 heavy (non-hydrogen) atoms. The summed E-state index contributed by atoms with van der Waals surface area (Å²) in [6.07, 6.45) is 5.52. The van der Waals surface area contributed by atoms with Gasteiger partial charge in [0.05, 0.1) is 10.6 Å². The second-order valence-corrected chi connectivity index (χ2v) is 8.19. The van der Waals surface area contributed by atoms with E-state index < -0.39 is 9.84 Å². The number of halogens is 1. The molecule has 0 saturated carbocycles. The summed E-state index contributed by atoms with van der Waals surface area (Å²) in [5.41, 5.74) is 4.12. The third kappa shape index (κ3) is 3.89. The third-order valence-corrected chi connectivity index (χ3v) is 5.19. The second kappa shape index (κ2) is 6.94. The lowest BCUT2D eigenvalue weighted by Gasteiger charge is -2.11. The molecule has 0 atom stereocenters. The maximum Gasteiger partial charge on any atom is 0.175 e. The Morgan fingerprint density at radius 3 is 2.48 bits per heavy atom. The average molecular weight is 373 g/mol. The van der Waals surface area contributed by atoms with Gasteiger partial charge in [-0.05, 0) is 48.4 Å². The zero-order valence-electron chi connectivity index (χ0n) is 13.9. The van der Waals surface area contributed by atoms with Gasteiger partial charge in [0, 0.05) is 40.5 Å². The van der Waals surface area contributed by atoms with Crippen LogP contribution in [0.1, 0.15) is 12.6 Å². The van der Waals surface area contributed by atoms with Gasteiger partial charge < -0.3 is 0 Å². The van der Waals surface area contributed by atoms with Crippen LogP contribution in [-0.2, 0) is 16.3 Å². The first-order valence-corrected chi connectivity index (χ1v) is 10.1. The quantitative estimate of drug-likeness (QED) is 0.679. The highest BCUT2D eigenvalue weighted by atomic mass is 35.5. The highest BCUT2D eigenvalue weighted by Crippen LogP contribution is 2.33. The normalized spacial score (nSPS) is 11.5. The van der Waals surface area contributed by atoms with Crippen LogP contribution in [0.15, 0.2) is 59.8 Å². The minimum atomic E-state index is -3.36. The lowest BCUT2D eigenvalue weighted by molar-refractivity contribution is 0.602. The Balaban J connectivity index is 2.17. The summed E-state index contributed by atoms with van der Waals surface area (Å²) in [6, 6.07) is 12.5. The molecule has 0 saturated heterocycles. The van der Waals surface area contributed by atoms with Crippen LogP contribution in [0.2, 0.25) is 5.02 Å². The molecule has 4 nitrogen and oxygen atoms in total. The monoisotopic (exact) mass is 372 g/mol. The molecule has 0 unspecified atom stereocenters. The number of aryl methyl sites for hydroxylation is 1. The Labute approximate surface area is 152 Å². The summed E-state index contributed by atoms with van der Waals surface area (Å²) >= 11 is 6.15. The number of nitrogens with zero attached hydrogens (tertiary/aromatic N) is 2. The Morgan fingerprint density at radius 2 is 1.84 bits per heavy atom. The maximum atomic E-state index is 11.9. The summed E-state index contributed by atoms with van der Waals surface area (Å²) in [6.45, 7) is 2.05. The van der Waals surface area contributed by atoms with E-state index >= 15 is 0 Å². The molecule has 1 aromatic carbocycles. The van der Waals surface area contributed by atoms with E-state index in [1.165, 1.54) is 12.3 Å². The summed E-state index contributed by atoms with van der Waals surface area (Å²) in [5, 5.41) is 0.368. The van der Waals surface area contributed by atoms with Crippen molar-refractivity contribution in [2.75, 3.05) is 6.26 Å². The molecule has 128 valence electrons. The van der Waals surface area contributed by atoms with Gasteiger partial charge in [0.15, 0.2) is 9.84 Å². The van der Waals surface area contributed by atoms with E-state index in [0.29, 0.717) is 10.6 Å². The number of hydrogen-bond donors (Lipinski definition) is 0. The van der Waals surface area contributed by atoms with E-state index in [0.717, 1.165) is 28.9 Å². The number of sulfone groups is 1. The highest BCUT2D eigenvalue weighted by Gasteiger charge is 2.14. The maximum absolute atomic E-state index is 11.9. The van der Waals surface area contributed by atoms with Crippen LogP contribution < -0.4 is 0 Å². The first-order chi connectivity index (χ1) is 11.9. The van der Waals surface area contributed by atoms with Crippen LogP contribution in [0.4, 0.5) is 0 Å². The fourth-order valence-corrected chi connectivity index (χ4v) is 3.56. The van der Waals surface area contributed by atoms with Gasteiger partial charge in [0.25, 0.3) is 0 Å². The van der Waals surface area contributed by atoms with Crippen LogP contribution in [0, 0.1) is 0 Å². The van der Waals surface area contributed by atoms with Crippen molar-refractivity contribution in [3.8, 4) is 22.4 Å². The van der Waals surface area contributed by atoms with E-state index in [-0.39, 0.29) is 4.90 Å². The number of aromatic nitrogens is 2. The second-order valence-electron chi connectivity index (χ2n) is 5.74. The zero-order valence-corrected chi connectivity index (χ0v) is 15.5. The third-order valence-electron chi connectivity index (χ3n) is 3.88. The predicted octanol–water partition coefficient (Wildman–Crippen LogP) is 4.43. The minimum Gasteiger partial charge on any atom is -0.261 e. The van der Waals surface area contributed by atoms with Crippen molar-refractivity contribution in [1.82, 2.24) is 9.97 Å². The Morgan fingerprint density at radius 1 is 1.04 bits per heavy atom. The zero-order chi connectivity index (χ0) is 18.0. The minimum absolute atomic E-state index is 0.184. The Hall–Kier alpha value is -2.24. The van der Waals surface area contributed by atoms with Crippen molar-refractivity contribution in [3.05, 3.63) is 65.6 Å². The van der Waals surface area contributed by atoms with Crippen molar-refractivity contribution in [2.45, 2.75) is 18.2 Å². The van der Waals surface area contributed by atoms with Crippen molar-refractivity contribution in [2.24, 2.45) is 0 Å². The summed E-state index contributed by atoms with van der Waals surface area (Å²) < 4.78 is 23.8. The molecule has 0 bridgehead atoms. The van der Waals surface area contributed by atoms with E-state index in [9.17, 15) is 8.42 Å². The summed E-state index contributed by atoms with van der Waals surface area (Å²) in [4.78, 5) is 9.08. The number of pyridine rings is 2. The summed E-state index contributed by atoms with van der Waals surface area (Å²) in [7, 11) is -3.36. The van der Waals surface area contributed by atoms with Crippen LogP contribution in [0.5, 0.6) is 0 Å². The van der Waals surface area contributed by atoms with E-state index in [2.05, 4.69) is 9.97 Å². The fourth-order valence-electron chi connectivity index (χ4n) is 2.57. The smallest absolute Gasteiger partial charge is 0.175 e. The van der Waals surface area contributed by atoms with E-state index in [1.54, 1.807) is 24.5 Å². The molecule has 0 radical (unpaired) electrons. The van der Waals surface area contributed by atoms with Crippen molar-refractivity contribution in [3.63, 3.8) is 0 Å². The predicted molar refractivity (Wildman–Crippen MR) is 100 cm³/mol. The molecular formula is C19H17ClN2O2S. The van der Waals surface area contributed by atoms with Crippen molar-refractivity contribution >= 4 is 21.4 Å². The molecule has 0 aliphatic carbocycles. The van der Waals surface area contributed by atoms with Gasteiger partial charge in [-0.3, -0.25) is 9.97 Å². The van der Waals surface area contributed by atoms with Gasteiger partial charge in [-0.2, -0.15) is 0 Å². The van der Waals surface area contributed by atoms with E-state index in [1.807, 2.05) is 31.2 Å². The first-order valence-electron chi connectivity index (χ1n) is 7.80. The topological polar surface area (TPSA) is 59.9 Å². The number of rotatable bonds is 4. The van der Waals surface area contributed by atoms with Crippen LogP contribution in [-0.4, -0.2) is 24.6 Å². The largest absolute Gasteiger partial charge is 0.261 e. The molecule has 0 N–H and O–H groups in total. The molecule has 2 heterocycles. The molecule has 3 rings (SSSR count). The molecular weight excluding hydrogens is 356 g/mol. The highest BCUT2D eigenvalue weighted by molar-refractivity contribution is 7.90. The molecule has 0 fully saturated rings. The fraction of sp³-hybridized carbons (Fsp3) is 0.158. The molecule has 3 aromatic rings. The molecule has 0 aliphatic rings. The number of hydrogen-bond acceptors (Lipinski definition) is 4. The molecule has 0 spiro atoms. The van der Waals surface area contributed by atoms with Gasteiger partial charge in [0.2, 0.25) is 0 Å². The number of benzene rings is 1. The Kier molecular flexibility index (Phi) is 4.88. The van der Waals surface area contributed by atoms with Gasteiger partial charge in [-0.25, -0.2) is 8.42 Å². The molecule has 0 amide bonds. The van der Waals surface area contributed by atoms with Crippen molar-refractivity contribution in [1.29, 1.82) is 0 Å². The van der Waals surface area contributed by atoms with Crippen LogP contribution in [0.25, 0.3) is 22.4 Å². The van der Waals surface area contributed by atoms with Gasteiger partial charge in [0.1, 0.15) is 0 Å².